The Labute approximate surface area is 124 Å². The number of carboxylic acid groups (broad SMARTS) is 1. The SMILES string of the molecule is CC(C)(C)OC(=O)N1C[C@@H](c2ccccc2)C[C@H]1C(=O)O. The number of carbonyl (C=O) groups is 2. The number of ether oxygens (including phenoxy) is 1. The van der Waals surface area contributed by atoms with Gasteiger partial charge >= 0.3 is 12.1 Å². The van der Waals surface area contributed by atoms with Gasteiger partial charge < -0.3 is 9.84 Å². The molecular weight excluding hydrogens is 270 g/mol. The van der Waals surface area contributed by atoms with Crippen molar-refractivity contribution < 1.29 is 19.4 Å². The van der Waals surface area contributed by atoms with Crippen LogP contribution in [0.2, 0.25) is 0 Å². The van der Waals surface area contributed by atoms with E-state index in [0.29, 0.717) is 13.0 Å². The van der Waals surface area contributed by atoms with Gasteiger partial charge in [-0.15, -0.1) is 0 Å². The van der Waals surface area contributed by atoms with Crippen LogP contribution < -0.4 is 0 Å². The van der Waals surface area contributed by atoms with Gasteiger partial charge in [0.25, 0.3) is 0 Å². The van der Waals surface area contributed by atoms with Gasteiger partial charge in [0.1, 0.15) is 11.6 Å². The van der Waals surface area contributed by atoms with Gasteiger partial charge in [-0.1, -0.05) is 30.3 Å². The second kappa shape index (κ2) is 5.76. The Hall–Kier alpha value is -2.04. The Kier molecular flexibility index (Phi) is 4.21. The Morgan fingerprint density at radius 1 is 1.24 bits per heavy atom. The summed E-state index contributed by atoms with van der Waals surface area (Å²) < 4.78 is 5.31. The van der Waals surface area contributed by atoms with E-state index in [1.54, 1.807) is 20.8 Å². The van der Waals surface area contributed by atoms with Gasteiger partial charge in [-0.3, -0.25) is 4.90 Å². The number of benzene rings is 1. The lowest BCUT2D eigenvalue weighted by Crippen LogP contribution is -2.43. The van der Waals surface area contributed by atoms with Gasteiger partial charge in [0.15, 0.2) is 0 Å². The summed E-state index contributed by atoms with van der Waals surface area (Å²) >= 11 is 0. The third-order valence-electron chi connectivity index (χ3n) is 3.49. The van der Waals surface area contributed by atoms with Crippen LogP contribution in [0.15, 0.2) is 30.3 Å². The highest BCUT2D eigenvalue weighted by molar-refractivity contribution is 5.81. The van der Waals surface area contributed by atoms with Crippen molar-refractivity contribution in [1.29, 1.82) is 0 Å². The largest absolute Gasteiger partial charge is 0.480 e. The van der Waals surface area contributed by atoms with Crippen LogP contribution in [0.25, 0.3) is 0 Å². The minimum atomic E-state index is -0.987. The van der Waals surface area contributed by atoms with E-state index in [1.807, 2.05) is 30.3 Å². The molecule has 114 valence electrons. The maximum absolute atomic E-state index is 12.2. The summed E-state index contributed by atoms with van der Waals surface area (Å²) in [7, 11) is 0. The average Bonchev–Trinajstić information content (AvgIpc) is 2.83. The first-order valence-electron chi connectivity index (χ1n) is 7.05. The number of likely N-dealkylation sites (tertiary alicyclic amines) is 1. The van der Waals surface area contributed by atoms with Crippen LogP contribution in [0, 0.1) is 0 Å². The molecule has 1 amide bonds. The van der Waals surface area contributed by atoms with E-state index in [4.69, 9.17) is 4.74 Å². The Morgan fingerprint density at radius 2 is 1.86 bits per heavy atom. The Balaban J connectivity index is 2.16. The second-order valence-electron chi connectivity index (χ2n) is 6.33. The van der Waals surface area contributed by atoms with Gasteiger partial charge in [-0.2, -0.15) is 0 Å². The van der Waals surface area contributed by atoms with Crippen LogP contribution in [0.4, 0.5) is 4.79 Å². The molecule has 0 unspecified atom stereocenters. The first-order valence-corrected chi connectivity index (χ1v) is 7.05. The van der Waals surface area contributed by atoms with Crippen molar-refractivity contribution in [3.05, 3.63) is 35.9 Å². The fourth-order valence-electron chi connectivity index (χ4n) is 2.56. The standard InChI is InChI=1S/C16H21NO4/c1-16(2,3)21-15(20)17-10-12(9-13(17)14(18)19)11-7-5-4-6-8-11/h4-8,12-13H,9-10H2,1-3H3,(H,18,19)/t12-,13-/m0/s1. The maximum atomic E-state index is 12.2. The smallest absolute Gasteiger partial charge is 0.411 e. The van der Waals surface area contributed by atoms with Gasteiger partial charge in [0.05, 0.1) is 0 Å². The lowest BCUT2D eigenvalue weighted by atomic mass is 9.96. The molecule has 0 aliphatic carbocycles. The van der Waals surface area contributed by atoms with Crippen LogP contribution >= 0.6 is 0 Å². The van der Waals surface area contributed by atoms with Crippen LogP contribution in [-0.2, 0) is 9.53 Å². The fraction of sp³-hybridized carbons (Fsp3) is 0.500. The van der Waals surface area contributed by atoms with E-state index >= 15 is 0 Å². The number of carbonyl (C=O) groups excluding carboxylic acids is 1. The highest BCUT2D eigenvalue weighted by Gasteiger charge is 2.41. The molecule has 1 aromatic carbocycles. The maximum Gasteiger partial charge on any atom is 0.411 e. The molecule has 1 aliphatic rings. The molecule has 1 saturated heterocycles. The summed E-state index contributed by atoms with van der Waals surface area (Å²) in [4.78, 5) is 24.9. The monoisotopic (exact) mass is 291 g/mol. The van der Waals surface area contributed by atoms with Crippen LogP contribution in [-0.4, -0.2) is 40.3 Å². The zero-order valence-electron chi connectivity index (χ0n) is 12.6. The zero-order valence-corrected chi connectivity index (χ0v) is 12.6. The van der Waals surface area contributed by atoms with Gasteiger partial charge in [-0.05, 0) is 32.8 Å². The third-order valence-corrected chi connectivity index (χ3v) is 3.49. The van der Waals surface area contributed by atoms with E-state index in [1.165, 1.54) is 4.90 Å². The molecule has 0 radical (unpaired) electrons. The van der Waals surface area contributed by atoms with Crippen LogP contribution in [0.5, 0.6) is 0 Å². The molecule has 0 spiro atoms. The zero-order chi connectivity index (χ0) is 15.6. The van der Waals surface area contributed by atoms with Crippen molar-refractivity contribution in [3.8, 4) is 0 Å². The van der Waals surface area contributed by atoms with Crippen molar-refractivity contribution in [2.45, 2.75) is 44.8 Å². The Bertz CT molecular complexity index is 521. The minimum Gasteiger partial charge on any atom is -0.480 e. The van der Waals surface area contributed by atoms with Gasteiger partial charge in [0.2, 0.25) is 0 Å². The first-order chi connectivity index (χ1) is 9.78. The molecule has 5 heteroatoms. The molecule has 2 atom stereocenters. The lowest BCUT2D eigenvalue weighted by molar-refractivity contribution is -0.142. The molecule has 0 bridgehead atoms. The van der Waals surface area contributed by atoms with Crippen LogP contribution in [0.1, 0.15) is 38.7 Å². The van der Waals surface area contributed by atoms with Crippen molar-refractivity contribution in [3.63, 3.8) is 0 Å². The predicted octanol–water partition coefficient (Wildman–Crippen LogP) is 2.86. The molecule has 1 heterocycles. The fourth-order valence-corrected chi connectivity index (χ4v) is 2.56. The Morgan fingerprint density at radius 3 is 2.38 bits per heavy atom. The normalized spacial score (nSPS) is 22.1. The number of carboxylic acids is 1. The minimum absolute atomic E-state index is 0.0276. The topological polar surface area (TPSA) is 66.8 Å². The van der Waals surface area contributed by atoms with E-state index < -0.39 is 23.7 Å². The van der Waals surface area contributed by atoms with Gasteiger partial charge in [0, 0.05) is 12.5 Å². The number of rotatable bonds is 2. The third kappa shape index (κ3) is 3.74. The van der Waals surface area contributed by atoms with Gasteiger partial charge in [-0.25, -0.2) is 9.59 Å². The van der Waals surface area contributed by atoms with Crippen molar-refractivity contribution in [2.24, 2.45) is 0 Å². The van der Waals surface area contributed by atoms with E-state index in [9.17, 15) is 14.7 Å². The summed E-state index contributed by atoms with van der Waals surface area (Å²) in [6, 6.07) is 8.84. The van der Waals surface area contributed by atoms with Crippen molar-refractivity contribution >= 4 is 12.1 Å². The molecule has 0 saturated carbocycles. The van der Waals surface area contributed by atoms with E-state index in [0.717, 1.165) is 5.56 Å². The summed E-state index contributed by atoms with van der Waals surface area (Å²) in [5.41, 5.74) is 0.417. The number of amides is 1. The molecule has 1 N–H and O–H groups in total. The van der Waals surface area contributed by atoms with Crippen LogP contribution in [0.3, 0.4) is 0 Å². The lowest BCUT2D eigenvalue weighted by Gasteiger charge is -2.26. The quantitative estimate of drug-likeness (QED) is 0.909. The summed E-state index contributed by atoms with van der Waals surface area (Å²) in [6.45, 7) is 5.68. The summed E-state index contributed by atoms with van der Waals surface area (Å²) in [5, 5.41) is 9.35. The second-order valence-corrected chi connectivity index (χ2v) is 6.33. The number of nitrogens with zero attached hydrogens (tertiary/aromatic N) is 1. The van der Waals surface area contributed by atoms with Crippen molar-refractivity contribution in [2.75, 3.05) is 6.54 Å². The average molecular weight is 291 g/mol. The predicted molar refractivity (Wildman–Crippen MR) is 78.2 cm³/mol. The highest BCUT2D eigenvalue weighted by Crippen LogP contribution is 2.32. The van der Waals surface area contributed by atoms with E-state index in [2.05, 4.69) is 0 Å². The molecule has 1 aromatic rings. The first kappa shape index (κ1) is 15.4. The highest BCUT2D eigenvalue weighted by atomic mass is 16.6. The molecular formula is C16H21NO4. The summed E-state index contributed by atoms with van der Waals surface area (Å²) in [5.74, 6) is -0.959. The molecule has 2 rings (SSSR count). The molecule has 1 aliphatic heterocycles. The molecule has 21 heavy (non-hydrogen) atoms. The summed E-state index contributed by atoms with van der Waals surface area (Å²) in [6.07, 6.45) is -0.146. The molecule has 0 aromatic heterocycles. The number of hydrogen-bond acceptors (Lipinski definition) is 3. The molecule has 1 fully saturated rings. The number of aliphatic carboxylic acids is 1. The number of hydrogen-bond donors (Lipinski definition) is 1. The van der Waals surface area contributed by atoms with Crippen molar-refractivity contribution in [1.82, 2.24) is 4.90 Å². The van der Waals surface area contributed by atoms with E-state index in [-0.39, 0.29) is 5.92 Å². The molecule has 5 nitrogen and oxygen atoms in total.